The van der Waals surface area contributed by atoms with Gasteiger partial charge in [0.05, 0.1) is 11.4 Å². The van der Waals surface area contributed by atoms with Gasteiger partial charge in [0.2, 0.25) is 0 Å². The van der Waals surface area contributed by atoms with Gasteiger partial charge in [-0.25, -0.2) is 0 Å². The second-order valence-corrected chi connectivity index (χ2v) is 6.30. The number of benzene rings is 2. The molecular formula is C17H17BrN2O. The molecule has 2 aromatic carbocycles. The first-order valence-electron chi connectivity index (χ1n) is 6.95. The third-order valence-corrected chi connectivity index (χ3v) is 4.23. The lowest BCUT2D eigenvalue weighted by atomic mass is 10.1. The average molecular weight is 345 g/mol. The second-order valence-electron chi connectivity index (χ2n) is 5.38. The summed E-state index contributed by atoms with van der Waals surface area (Å²) in [5.74, 6) is 0.0555. The summed E-state index contributed by atoms with van der Waals surface area (Å²) in [7, 11) is 2.06. The van der Waals surface area contributed by atoms with Gasteiger partial charge in [-0.2, -0.15) is 0 Å². The molecule has 0 radical (unpaired) electrons. The van der Waals surface area contributed by atoms with Crippen LogP contribution in [0.2, 0.25) is 0 Å². The number of anilines is 2. The fraction of sp³-hybridized carbons (Fsp3) is 0.235. The van der Waals surface area contributed by atoms with Crippen molar-refractivity contribution in [1.82, 2.24) is 0 Å². The quantitative estimate of drug-likeness (QED) is 0.784. The van der Waals surface area contributed by atoms with E-state index >= 15 is 0 Å². The molecule has 0 saturated carbocycles. The molecule has 1 heterocycles. The molecule has 0 saturated heterocycles. The molecule has 1 aliphatic heterocycles. The lowest BCUT2D eigenvalue weighted by Crippen LogP contribution is -2.42. The number of hydrogen-bond donors (Lipinski definition) is 0. The number of carbonyl (C=O) groups excluding carboxylic acids is 1. The van der Waals surface area contributed by atoms with Crippen LogP contribution >= 0.6 is 15.9 Å². The predicted octanol–water partition coefficient (Wildman–Crippen LogP) is 3.85. The van der Waals surface area contributed by atoms with E-state index in [9.17, 15) is 4.79 Å². The first-order valence-corrected chi connectivity index (χ1v) is 7.75. The highest BCUT2D eigenvalue weighted by atomic mass is 79.9. The predicted molar refractivity (Wildman–Crippen MR) is 90.3 cm³/mol. The Hall–Kier alpha value is -1.81. The van der Waals surface area contributed by atoms with Crippen LogP contribution in [0.25, 0.3) is 0 Å². The molecule has 4 heteroatoms. The zero-order chi connectivity index (χ0) is 15.0. The Morgan fingerprint density at radius 1 is 1.10 bits per heavy atom. The number of rotatable bonds is 1. The van der Waals surface area contributed by atoms with Gasteiger partial charge in [-0.3, -0.25) is 4.79 Å². The van der Waals surface area contributed by atoms with Crippen LogP contribution in [-0.2, 0) is 0 Å². The summed E-state index contributed by atoms with van der Waals surface area (Å²) >= 11 is 3.47. The van der Waals surface area contributed by atoms with Crippen LogP contribution in [0.4, 0.5) is 11.4 Å². The Morgan fingerprint density at radius 2 is 1.81 bits per heavy atom. The van der Waals surface area contributed by atoms with Gasteiger partial charge in [0, 0.05) is 30.2 Å². The molecule has 1 amide bonds. The topological polar surface area (TPSA) is 23.6 Å². The van der Waals surface area contributed by atoms with Crippen molar-refractivity contribution >= 4 is 33.2 Å². The van der Waals surface area contributed by atoms with Crippen molar-refractivity contribution < 1.29 is 4.79 Å². The summed E-state index contributed by atoms with van der Waals surface area (Å²) in [6.07, 6.45) is 0. The van der Waals surface area contributed by atoms with Crippen LogP contribution < -0.4 is 9.80 Å². The van der Waals surface area contributed by atoms with E-state index in [1.807, 2.05) is 48.2 Å². The largest absolute Gasteiger partial charge is 0.371 e. The minimum Gasteiger partial charge on any atom is -0.371 e. The Morgan fingerprint density at radius 3 is 2.52 bits per heavy atom. The van der Waals surface area contributed by atoms with Crippen molar-refractivity contribution in [2.75, 3.05) is 29.9 Å². The van der Waals surface area contributed by atoms with Crippen molar-refractivity contribution in [3.8, 4) is 0 Å². The van der Waals surface area contributed by atoms with E-state index < -0.39 is 0 Å². The van der Waals surface area contributed by atoms with E-state index in [1.54, 1.807) is 0 Å². The third-order valence-electron chi connectivity index (χ3n) is 3.78. The number of para-hydroxylation sites is 2. The highest BCUT2D eigenvalue weighted by Crippen LogP contribution is 2.33. The zero-order valence-corrected chi connectivity index (χ0v) is 13.7. The average Bonchev–Trinajstić information content (AvgIpc) is 2.46. The molecule has 2 aromatic rings. The van der Waals surface area contributed by atoms with E-state index in [2.05, 4.69) is 33.9 Å². The molecule has 0 unspecified atom stereocenters. The van der Waals surface area contributed by atoms with Crippen LogP contribution in [0.15, 0.2) is 46.9 Å². The lowest BCUT2D eigenvalue weighted by molar-refractivity contribution is 0.0986. The fourth-order valence-corrected chi connectivity index (χ4v) is 3.34. The number of likely N-dealkylation sites (N-methyl/N-ethyl adjacent to an activating group) is 1. The van der Waals surface area contributed by atoms with Gasteiger partial charge < -0.3 is 9.80 Å². The number of nitrogens with zero attached hydrogens (tertiary/aromatic N) is 2. The first-order chi connectivity index (χ1) is 10.1. The highest BCUT2D eigenvalue weighted by Gasteiger charge is 2.25. The van der Waals surface area contributed by atoms with Crippen molar-refractivity contribution in [2.45, 2.75) is 6.92 Å². The Kier molecular flexibility index (Phi) is 3.72. The van der Waals surface area contributed by atoms with Gasteiger partial charge in [0.15, 0.2) is 0 Å². The van der Waals surface area contributed by atoms with E-state index in [4.69, 9.17) is 0 Å². The van der Waals surface area contributed by atoms with Crippen molar-refractivity contribution in [2.24, 2.45) is 0 Å². The number of hydrogen-bond acceptors (Lipinski definition) is 2. The minimum atomic E-state index is 0.0555. The molecule has 1 aliphatic rings. The molecule has 3 rings (SSSR count). The molecule has 0 fully saturated rings. The van der Waals surface area contributed by atoms with Gasteiger partial charge in [-0.15, -0.1) is 0 Å². The fourth-order valence-electron chi connectivity index (χ4n) is 2.73. The molecule has 0 bridgehead atoms. The molecule has 0 atom stereocenters. The van der Waals surface area contributed by atoms with Crippen LogP contribution in [-0.4, -0.2) is 26.0 Å². The summed E-state index contributed by atoms with van der Waals surface area (Å²) < 4.78 is 0.938. The molecule has 108 valence electrons. The molecule has 0 aromatic heterocycles. The van der Waals surface area contributed by atoms with E-state index in [1.165, 1.54) is 0 Å². The van der Waals surface area contributed by atoms with Gasteiger partial charge >= 0.3 is 0 Å². The molecule has 0 N–H and O–H groups in total. The smallest absolute Gasteiger partial charge is 0.258 e. The van der Waals surface area contributed by atoms with Gasteiger partial charge in [0.25, 0.3) is 5.91 Å². The van der Waals surface area contributed by atoms with Crippen molar-refractivity contribution in [3.05, 3.63) is 58.1 Å². The zero-order valence-electron chi connectivity index (χ0n) is 12.1. The number of amides is 1. The SMILES string of the molecule is Cc1cc(Br)cc(C(=O)N2CCN(C)c3ccccc32)c1. The highest BCUT2D eigenvalue weighted by molar-refractivity contribution is 9.10. The van der Waals surface area contributed by atoms with Crippen LogP contribution in [0, 0.1) is 6.92 Å². The monoisotopic (exact) mass is 344 g/mol. The Balaban J connectivity index is 2.01. The molecular weight excluding hydrogens is 328 g/mol. The van der Waals surface area contributed by atoms with Crippen LogP contribution in [0.3, 0.4) is 0 Å². The number of fused-ring (bicyclic) bond motifs is 1. The molecule has 0 spiro atoms. The summed E-state index contributed by atoms with van der Waals surface area (Å²) in [6.45, 7) is 3.55. The number of carbonyl (C=O) groups is 1. The van der Waals surface area contributed by atoms with Crippen LogP contribution in [0.1, 0.15) is 15.9 Å². The third kappa shape index (κ3) is 2.68. The molecule has 3 nitrogen and oxygen atoms in total. The lowest BCUT2D eigenvalue weighted by Gasteiger charge is -2.35. The van der Waals surface area contributed by atoms with E-state index in [0.717, 1.165) is 33.5 Å². The Labute approximate surface area is 133 Å². The second kappa shape index (κ2) is 5.53. The van der Waals surface area contributed by atoms with Crippen LogP contribution in [0.5, 0.6) is 0 Å². The summed E-state index contributed by atoms with van der Waals surface area (Å²) in [4.78, 5) is 16.9. The van der Waals surface area contributed by atoms with Crippen molar-refractivity contribution in [3.63, 3.8) is 0 Å². The summed E-state index contributed by atoms with van der Waals surface area (Å²) in [5, 5.41) is 0. The summed E-state index contributed by atoms with van der Waals surface area (Å²) in [5.41, 5.74) is 3.88. The minimum absolute atomic E-state index is 0.0555. The van der Waals surface area contributed by atoms with E-state index in [-0.39, 0.29) is 5.91 Å². The van der Waals surface area contributed by atoms with Gasteiger partial charge in [-0.1, -0.05) is 28.1 Å². The summed E-state index contributed by atoms with van der Waals surface area (Å²) in [6, 6.07) is 13.9. The van der Waals surface area contributed by atoms with Gasteiger partial charge in [0.1, 0.15) is 0 Å². The molecule has 0 aliphatic carbocycles. The normalized spacial score (nSPS) is 14.0. The number of halogens is 1. The standard InChI is InChI=1S/C17H17BrN2O/c1-12-9-13(11-14(18)10-12)17(21)20-8-7-19(2)15-5-3-4-6-16(15)20/h3-6,9-11H,7-8H2,1-2H3. The first kappa shape index (κ1) is 14.1. The van der Waals surface area contributed by atoms with Gasteiger partial charge in [-0.05, 0) is 42.8 Å². The van der Waals surface area contributed by atoms with E-state index in [0.29, 0.717) is 6.54 Å². The maximum atomic E-state index is 12.9. The molecule has 21 heavy (non-hydrogen) atoms. The van der Waals surface area contributed by atoms with Crippen molar-refractivity contribution in [1.29, 1.82) is 0 Å². The maximum Gasteiger partial charge on any atom is 0.258 e. The number of aryl methyl sites for hydroxylation is 1. The Bertz CT molecular complexity index is 679. The maximum absolute atomic E-state index is 12.9.